The molecule has 0 saturated heterocycles. The van der Waals surface area contributed by atoms with Gasteiger partial charge in [0, 0.05) is 18.8 Å². The molecular weight excluding hydrogens is 456 g/mol. The highest BCUT2D eigenvalue weighted by Crippen LogP contribution is 2.46. The lowest BCUT2D eigenvalue weighted by atomic mass is 9.92. The van der Waals surface area contributed by atoms with Crippen molar-refractivity contribution in [2.45, 2.75) is 25.8 Å². The summed E-state index contributed by atoms with van der Waals surface area (Å²) in [5.41, 5.74) is 2.68. The maximum absolute atomic E-state index is 13.0. The number of hydrogen-bond acceptors (Lipinski definition) is 9. The minimum atomic E-state index is -0.523. The average Bonchev–Trinajstić information content (AvgIpc) is 3.23. The summed E-state index contributed by atoms with van der Waals surface area (Å²) in [5, 5.41) is 5.60. The van der Waals surface area contributed by atoms with E-state index in [-0.39, 0.29) is 12.3 Å². The van der Waals surface area contributed by atoms with E-state index in [1.165, 1.54) is 18.9 Å². The number of nitrogens with one attached hydrogen (secondary N) is 1. The molecule has 0 aliphatic carbocycles. The van der Waals surface area contributed by atoms with Gasteiger partial charge in [-0.15, -0.1) is 0 Å². The normalized spacial score (nSPS) is 17.3. The molecule has 3 rings (SSSR count). The second-order valence-electron chi connectivity index (χ2n) is 8.04. The molecule has 1 aromatic rings. The molecule has 184 valence electrons. The van der Waals surface area contributed by atoms with Gasteiger partial charge in [0.05, 0.1) is 45.1 Å². The number of ether oxygens (including phenoxy) is 3. The Bertz CT molecular complexity index is 1030. The highest BCUT2D eigenvalue weighted by atomic mass is 32.2. The number of nitrogens with zero attached hydrogens (tertiary/aromatic N) is 3. The fourth-order valence-electron chi connectivity index (χ4n) is 3.90. The fourth-order valence-corrected chi connectivity index (χ4v) is 4.83. The Morgan fingerprint density at radius 1 is 1.18 bits per heavy atom. The van der Waals surface area contributed by atoms with Crippen LogP contribution in [0.25, 0.3) is 0 Å². The zero-order valence-electron chi connectivity index (χ0n) is 20.5. The molecule has 0 bridgehead atoms. The number of amidine groups is 1. The van der Waals surface area contributed by atoms with Crippen LogP contribution in [0.1, 0.15) is 31.4 Å². The van der Waals surface area contributed by atoms with E-state index < -0.39 is 12.0 Å². The largest absolute Gasteiger partial charge is 0.493 e. The third kappa shape index (κ3) is 5.39. The molecule has 0 radical (unpaired) electrons. The molecule has 34 heavy (non-hydrogen) atoms. The quantitative estimate of drug-likeness (QED) is 0.503. The van der Waals surface area contributed by atoms with Gasteiger partial charge in [-0.3, -0.25) is 4.79 Å². The van der Waals surface area contributed by atoms with Crippen molar-refractivity contribution in [1.29, 1.82) is 0 Å². The third-order valence-corrected chi connectivity index (χ3v) is 6.46. The first-order valence-corrected chi connectivity index (χ1v) is 11.9. The van der Waals surface area contributed by atoms with Gasteiger partial charge in [-0.25, -0.2) is 9.79 Å². The van der Waals surface area contributed by atoms with E-state index in [4.69, 9.17) is 19.2 Å². The number of esters is 1. The molecule has 0 fully saturated rings. The van der Waals surface area contributed by atoms with Crippen LogP contribution in [0.3, 0.4) is 0 Å². The minimum Gasteiger partial charge on any atom is -0.493 e. The third-order valence-electron chi connectivity index (χ3n) is 5.58. The van der Waals surface area contributed by atoms with Gasteiger partial charge < -0.3 is 29.3 Å². The topological polar surface area (TPSA) is 92.7 Å². The fraction of sp³-hybridized carbons (Fsp3) is 0.458. The van der Waals surface area contributed by atoms with Crippen LogP contribution in [-0.4, -0.2) is 75.4 Å². The zero-order valence-corrected chi connectivity index (χ0v) is 21.3. The predicted octanol–water partition coefficient (Wildman–Crippen LogP) is 2.91. The summed E-state index contributed by atoms with van der Waals surface area (Å²) in [5.74, 6) is 0.587. The second-order valence-corrected chi connectivity index (χ2v) is 8.88. The molecule has 1 atom stereocenters. The van der Waals surface area contributed by atoms with Crippen molar-refractivity contribution in [3.63, 3.8) is 0 Å². The summed E-state index contributed by atoms with van der Waals surface area (Å²) in [6.07, 6.45) is 0.728. The number of methoxy groups -OCH3 is 3. The van der Waals surface area contributed by atoms with Gasteiger partial charge in [-0.05, 0) is 43.6 Å². The van der Waals surface area contributed by atoms with Crippen LogP contribution in [0, 0.1) is 0 Å². The number of carbonyl (C=O) groups is 2. The minimum absolute atomic E-state index is 0.0918. The van der Waals surface area contributed by atoms with Crippen molar-refractivity contribution >= 4 is 28.8 Å². The van der Waals surface area contributed by atoms with Crippen molar-refractivity contribution in [2.75, 3.05) is 48.5 Å². The van der Waals surface area contributed by atoms with Crippen LogP contribution in [0.2, 0.25) is 0 Å². The van der Waals surface area contributed by atoms with Crippen LogP contribution >= 0.6 is 11.8 Å². The van der Waals surface area contributed by atoms with Gasteiger partial charge in [-0.1, -0.05) is 24.8 Å². The van der Waals surface area contributed by atoms with E-state index in [0.717, 1.165) is 23.0 Å². The summed E-state index contributed by atoms with van der Waals surface area (Å²) < 4.78 is 16.1. The maximum Gasteiger partial charge on any atom is 0.338 e. The van der Waals surface area contributed by atoms with E-state index in [1.807, 2.05) is 48.4 Å². The summed E-state index contributed by atoms with van der Waals surface area (Å²) in [6.45, 7) is 3.26. The van der Waals surface area contributed by atoms with Gasteiger partial charge in [0.25, 0.3) is 0 Å². The number of benzene rings is 1. The summed E-state index contributed by atoms with van der Waals surface area (Å²) in [6, 6.07) is 5.02. The van der Waals surface area contributed by atoms with Crippen LogP contribution in [0.15, 0.2) is 45.6 Å². The Hall–Kier alpha value is -2.98. The van der Waals surface area contributed by atoms with Crippen molar-refractivity contribution in [3.8, 4) is 11.5 Å². The molecule has 0 saturated carbocycles. The van der Waals surface area contributed by atoms with Crippen molar-refractivity contribution in [3.05, 3.63) is 46.1 Å². The number of carbonyl (C=O) groups excluding carboxylic acids is 2. The number of fused-ring (bicyclic) bond motifs is 1. The predicted molar refractivity (Wildman–Crippen MR) is 133 cm³/mol. The number of hydrogen-bond donors (Lipinski definition) is 1. The molecule has 1 N–H and O–H groups in total. The summed E-state index contributed by atoms with van der Waals surface area (Å²) in [7, 11) is 8.42. The molecule has 2 aliphatic rings. The summed E-state index contributed by atoms with van der Waals surface area (Å²) in [4.78, 5) is 34.4. The molecule has 2 aliphatic heterocycles. The van der Waals surface area contributed by atoms with Gasteiger partial charge in [0.15, 0.2) is 16.7 Å². The number of rotatable bonds is 10. The first-order valence-electron chi connectivity index (χ1n) is 11.0. The number of aliphatic imine (C=N–C) groups is 1. The lowest BCUT2D eigenvalue weighted by Gasteiger charge is -2.36. The van der Waals surface area contributed by atoms with Crippen LogP contribution in [-0.2, 0) is 14.3 Å². The lowest BCUT2D eigenvalue weighted by molar-refractivity contribution is -0.136. The van der Waals surface area contributed by atoms with E-state index >= 15 is 0 Å². The summed E-state index contributed by atoms with van der Waals surface area (Å²) >= 11 is 1.45. The number of thioether (sulfide) groups is 1. The van der Waals surface area contributed by atoms with E-state index in [9.17, 15) is 9.59 Å². The van der Waals surface area contributed by atoms with Gasteiger partial charge in [0.2, 0.25) is 5.91 Å². The van der Waals surface area contributed by atoms with Crippen LogP contribution in [0.4, 0.5) is 0 Å². The van der Waals surface area contributed by atoms with Crippen LogP contribution in [0.5, 0.6) is 11.5 Å². The number of allylic oxidation sites excluding steroid dienone is 1. The average molecular weight is 489 g/mol. The van der Waals surface area contributed by atoms with Gasteiger partial charge in [-0.2, -0.15) is 0 Å². The Kier molecular flexibility index (Phi) is 8.62. The Balaban J connectivity index is 2.01. The molecule has 1 unspecified atom stereocenters. The molecular formula is C24H32N4O5S. The van der Waals surface area contributed by atoms with E-state index in [1.54, 1.807) is 20.3 Å². The number of likely N-dealkylation sites (N-methyl/N-ethyl adjacent to an activating group) is 1. The van der Waals surface area contributed by atoms with Crippen LogP contribution < -0.4 is 14.8 Å². The Labute approximate surface area is 204 Å². The monoisotopic (exact) mass is 488 g/mol. The highest BCUT2D eigenvalue weighted by molar-refractivity contribution is 8.16. The smallest absolute Gasteiger partial charge is 0.338 e. The first kappa shape index (κ1) is 25.6. The Morgan fingerprint density at radius 2 is 1.91 bits per heavy atom. The van der Waals surface area contributed by atoms with Gasteiger partial charge >= 0.3 is 5.97 Å². The van der Waals surface area contributed by atoms with Crippen molar-refractivity contribution < 1.29 is 23.8 Å². The molecule has 1 aromatic carbocycles. The SMILES string of the molecule is CCC1=C(C(=O)OC)C(c2ccc(OC)c(OC)c2)N2C(CC(=O)NCCN(C)C)=CSC2=N1. The molecule has 9 nitrogen and oxygen atoms in total. The van der Waals surface area contributed by atoms with Gasteiger partial charge in [0.1, 0.15) is 0 Å². The molecule has 10 heteroatoms. The second kappa shape index (κ2) is 11.4. The molecule has 0 spiro atoms. The zero-order chi connectivity index (χ0) is 24.8. The maximum atomic E-state index is 13.0. The van der Waals surface area contributed by atoms with Crippen molar-refractivity contribution in [2.24, 2.45) is 4.99 Å². The van der Waals surface area contributed by atoms with E-state index in [0.29, 0.717) is 35.7 Å². The highest BCUT2D eigenvalue weighted by Gasteiger charge is 2.41. The molecule has 2 heterocycles. The van der Waals surface area contributed by atoms with E-state index in [2.05, 4.69) is 5.32 Å². The first-order chi connectivity index (χ1) is 16.3. The lowest BCUT2D eigenvalue weighted by Crippen LogP contribution is -2.38. The molecule has 0 aromatic heterocycles. The molecule has 1 amide bonds. The number of amides is 1. The standard InChI is InChI=1S/C24H32N4O5S/c1-7-17-21(23(30)33-6)22(15-8-9-18(31-4)19(12-15)32-5)28-16(14-34-24(28)26-17)13-20(29)25-10-11-27(2)3/h8-9,12,14,22H,7,10-11,13H2,1-6H3,(H,25,29). The van der Waals surface area contributed by atoms with Crippen molar-refractivity contribution in [1.82, 2.24) is 15.1 Å². The Morgan fingerprint density at radius 3 is 2.53 bits per heavy atom.